The second-order valence-corrected chi connectivity index (χ2v) is 4.21. The summed E-state index contributed by atoms with van der Waals surface area (Å²) in [5.74, 6) is -2.20. The van der Waals surface area contributed by atoms with Crippen LogP contribution in [0.5, 0.6) is 0 Å². The first-order chi connectivity index (χ1) is 7.56. The van der Waals surface area contributed by atoms with Gasteiger partial charge in [0.25, 0.3) is 5.91 Å². The molecule has 1 unspecified atom stereocenters. The van der Waals surface area contributed by atoms with Crippen LogP contribution in [0.1, 0.15) is 17.3 Å². The zero-order valence-corrected chi connectivity index (χ0v) is 10.4. The summed E-state index contributed by atoms with van der Waals surface area (Å²) in [6.07, 6.45) is 0. The number of alkyl halides is 1. The molecule has 0 aliphatic carbocycles. The van der Waals surface area contributed by atoms with Crippen LogP contribution in [0.15, 0.2) is 18.2 Å². The van der Waals surface area contributed by atoms with Gasteiger partial charge in [0.2, 0.25) is 0 Å². The van der Waals surface area contributed by atoms with Crippen LogP contribution in [0.25, 0.3) is 0 Å². The Morgan fingerprint density at radius 2 is 2.00 bits per heavy atom. The van der Waals surface area contributed by atoms with Crippen LogP contribution in [0.4, 0.5) is 8.78 Å². The van der Waals surface area contributed by atoms with Crippen molar-refractivity contribution in [2.75, 3.05) is 11.9 Å². The molecule has 0 spiro atoms. The summed E-state index contributed by atoms with van der Waals surface area (Å²) in [5.41, 5.74) is -0.524. The van der Waals surface area contributed by atoms with Gasteiger partial charge in [-0.3, -0.25) is 4.79 Å². The highest BCUT2D eigenvalue weighted by molar-refractivity contribution is 9.09. The van der Waals surface area contributed by atoms with Crippen LogP contribution in [0, 0.1) is 17.6 Å². The van der Waals surface area contributed by atoms with E-state index in [0.717, 1.165) is 12.1 Å². The van der Waals surface area contributed by atoms with Crippen LogP contribution in [0.3, 0.4) is 0 Å². The standard InChI is InChI=1S/C11H12BrF2NO/c1-7(5-12)6-15-11(16)10-8(13)3-2-4-9(10)14/h2-4,7H,5-6H2,1H3,(H,15,16). The Hall–Kier alpha value is -0.970. The van der Waals surface area contributed by atoms with Gasteiger partial charge >= 0.3 is 0 Å². The molecule has 1 rings (SSSR count). The quantitative estimate of drug-likeness (QED) is 0.849. The lowest BCUT2D eigenvalue weighted by Gasteiger charge is -2.10. The van der Waals surface area contributed by atoms with Crippen LogP contribution in [0.2, 0.25) is 0 Å². The first-order valence-corrected chi connectivity index (χ1v) is 5.96. The molecule has 16 heavy (non-hydrogen) atoms. The van der Waals surface area contributed by atoms with Crippen LogP contribution in [-0.4, -0.2) is 17.8 Å². The molecule has 0 heterocycles. The first kappa shape index (κ1) is 13.1. The maximum absolute atomic E-state index is 13.2. The van der Waals surface area contributed by atoms with Gasteiger partial charge in [-0.25, -0.2) is 8.78 Å². The van der Waals surface area contributed by atoms with Crippen LogP contribution in [-0.2, 0) is 0 Å². The predicted molar refractivity (Wildman–Crippen MR) is 61.6 cm³/mol. The zero-order valence-electron chi connectivity index (χ0n) is 8.77. The second-order valence-electron chi connectivity index (χ2n) is 3.57. The van der Waals surface area contributed by atoms with Gasteiger partial charge in [-0.1, -0.05) is 28.9 Å². The molecule has 0 bridgehead atoms. The molecule has 0 saturated heterocycles. The van der Waals surface area contributed by atoms with E-state index >= 15 is 0 Å². The maximum Gasteiger partial charge on any atom is 0.257 e. The molecule has 0 saturated carbocycles. The molecule has 1 atom stereocenters. The van der Waals surface area contributed by atoms with Crippen molar-refractivity contribution in [1.82, 2.24) is 5.32 Å². The molecule has 1 amide bonds. The Labute approximate surface area is 101 Å². The predicted octanol–water partition coefficient (Wildman–Crippen LogP) is 2.73. The van der Waals surface area contributed by atoms with Crippen molar-refractivity contribution in [3.8, 4) is 0 Å². The summed E-state index contributed by atoms with van der Waals surface area (Å²) < 4.78 is 26.4. The normalized spacial score (nSPS) is 12.2. The van der Waals surface area contributed by atoms with Crippen LogP contribution >= 0.6 is 15.9 Å². The SMILES string of the molecule is CC(CBr)CNC(=O)c1c(F)cccc1F. The fourth-order valence-electron chi connectivity index (χ4n) is 1.12. The van der Waals surface area contributed by atoms with Crippen LogP contribution < -0.4 is 5.32 Å². The third-order valence-corrected chi connectivity index (χ3v) is 3.17. The topological polar surface area (TPSA) is 29.1 Å². The zero-order chi connectivity index (χ0) is 12.1. The van der Waals surface area contributed by atoms with Crippen molar-refractivity contribution in [3.05, 3.63) is 35.4 Å². The molecule has 1 aromatic carbocycles. The van der Waals surface area contributed by atoms with Gasteiger partial charge < -0.3 is 5.32 Å². The van der Waals surface area contributed by atoms with Crippen molar-refractivity contribution in [3.63, 3.8) is 0 Å². The van der Waals surface area contributed by atoms with E-state index in [1.807, 2.05) is 6.92 Å². The monoisotopic (exact) mass is 291 g/mol. The van der Waals surface area contributed by atoms with Crippen molar-refractivity contribution < 1.29 is 13.6 Å². The molecule has 0 fully saturated rings. The third kappa shape index (κ3) is 3.27. The highest BCUT2D eigenvalue weighted by Crippen LogP contribution is 2.11. The molecule has 0 aromatic heterocycles. The molecule has 5 heteroatoms. The fraction of sp³-hybridized carbons (Fsp3) is 0.364. The summed E-state index contributed by atoms with van der Waals surface area (Å²) in [6, 6.07) is 3.35. The van der Waals surface area contributed by atoms with E-state index in [4.69, 9.17) is 0 Å². The van der Waals surface area contributed by atoms with Gasteiger partial charge in [-0.05, 0) is 18.1 Å². The van der Waals surface area contributed by atoms with Gasteiger partial charge in [-0.2, -0.15) is 0 Å². The number of benzene rings is 1. The maximum atomic E-state index is 13.2. The Morgan fingerprint density at radius 3 is 2.50 bits per heavy atom. The lowest BCUT2D eigenvalue weighted by Crippen LogP contribution is -2.30. The molecular formula is C11H12BrF2NO. The molecular weight excluding hydrogens is 280 g/mol. The summed E-state index contributed by atoms with van der Waals surface area (Å²) in [6.45, 7) is 2.28. The van der Waals surface area contributed by atoms with E-state index in [2.05, 4.69) is 21.2 Å². The number of rotatable bonds is 4. The van der Waals surface area contributed by atoms with Gasteiger partial charge in [0.15, 0.2) is 0 Å². The van der Waals surface area contributed by atoms with E-state index < -0.39 is 23.1 Å². The largest absolute Gasteiger partial charge is 0.352 e. The average molecular weight is 292 g/mol. The number of halogens is 3. The molecule has 0 aliphatic heterocycles. The summed E-state index contributed by atoms with van der Waals surface area (Å²) in [5, 5.41) is 3.20. The van der Waals surface area contributed by atoms with Crippen molar-refractivity contribution in [2.45, 2.75) is 6.92 Å². The Kier molecular flexibility index (Phi) is 4.86. The van der Waals surface area contributed by atoms with Gasteiger partial charge in [0.05, 0.1) is 0 Å². The molecule has 0 radical (unpaired) electrons. The van der Waals surface area contributed by atoms with Crippen molar-refractivity contribution in [2.24, 2.45) is 5.92 Å². The number of amides is 1. The fourth-order valence-corrected chi connectivity index (χ4v) is 1.35. The molecule has 88 valence electrons. The Morgan fingerprint density at radius 1 is 1.44 bits per heavy atom. The minimum absolute atomic E-state index is 0.207. The van der Waals surface area contributed by atoms with Crippen molar-refractivity contribution >= 4 is 21.8 Å². The van der Waals surface area contributed by atoms with Crippen molar-refractivity contribution in [1.29, 1.82) is 0 Å². The first-order valence-electron chi connectivity index (χ1n) is 4.84. The van der Waals surface area contributed by atoms with E-state index in [1.165, 1.54) is 6.07 Å². The number of hydrogen-bond donors (Lipinski definition) is 1. The van der Waals surface area contributed by atoms with E-state index in [1.54, 1.807) is 0 Å². The minimum atomic E-state index is -0.844. The van der Waals surface area contributed by atoms with E-state index in [9.17, 15) is 13.6 Å². The highest BCUT2D eigenvalue weighted by Gasteiger charge is 2.16. The number of carbonyl (C=O) groups excluding carboxylic acids is 1. The number of nitrogens with one attached hydrogen (secondary N) is 1. The summed E-state index contributed by atoms with van der Waals surface area (Å²) >= 11 is 3.25. The minimum Gasteiger partial charge on any atom is -0.352 e. The lowest BCUT2D eigenvalue weighted by atomic mass is 10.1. The van der Waals surface area contributed by atoms with E-state index in [-0.39, 0.29) is 5.92 Å². The molecule has 2 nitrogen and oxygen atoms in total. The Bertz CT molecular complexity index is 364. The third-order valence-electron chi connectivity index (χ3n) is 2.06. The molecule has 1 aromatic rings. The average Bonchev–Trinajstić information content (AvgIpc) is 2.25. The van der Waals surface area contributed by atoms with E-state index in [0.29, 0.717) is 11.9 Å². The summed E-state index contributed by atoms with van der Waals surface area (Å²) in [4.78, 5) is 11.5. The van der Waals surface area contributed by atoms with Gasteiger partial charge in [-0.15, -0.1) is 0 Å². The summed E-state index contributed by atoms with van der Waals surface area (Å²) in [7, 11) is 0. The van der Waals surface area contributed by atoms with Gasteiger partial charge in [0.1, 0.15) is 17.2 Å². The van der Waals surface area contributed by atoms with Gasteiger partial charge in [0, 0.05) is 11.9 Å². The second kappa shape index (κ2) is 5.94. The Balaban J connectivity index is 2.73. The molecule has 1 N–H and O–H groups in total. The molecule has 0 aliphatic rings. The number of carbonyl (C=O) groups is 1. The smallest absolute Gasteiger partial charge is 0.257 e. The highest BCUT2D eigenvalue weighted by atomic mass is 79.9. The number of hydrogen-bond acceptors (Lipinski definition) is 1. The lowest BCUT2D eigenvalue weighted by molar-refractivity contribution is 0.0941.